The van der Waals surface area contributed by atoms with E-state index in [2.05, 4.69) is 18.3 Å². The average Bonchev–Trinajstić information content (AvgIpc) is 2.80. The second-order valence-electron chi connectivity index (χ2n) is 4.11. The van der Waals surface area contributed by atoms with Crippen molar-refractivity contribution >= 4 is 11.6 Å². The maximum atomic E-state index is 6.24. The Balaban J connectivity index is 2.21. The van der Waals surface area contributed by atoms with Crippen molar-refractivity contribution in [2.75, 3.05) is 13.2 Å². The molecule has 3 heteroatoms. The van der Waals surface area contributed by atoms with E-state index in [1.165, 1.54) is 0 Å². The van der Waals surface area contributed by atoms with Crippen LogP contribution in [-0.2, 0) is 4.74 Å². The van der Waals surface area contributed by atoms with E-state index < -0.39 is 0 Å². The highest BCUT2D eigenvalue weighted by Gasteiger charge is 2.27. The first-order chi connectivity index (χ1) is 7.83. The summed E-state index contributed by atoms with van der Waals surface area (Å²) < 4.78 is 5.76. The number of nitrogens with one attached hydrogen (secondary N) is 1. The van der Waals surface area contributed by atoms with Crippen molar-refractivity contribution in [1.82, 2.24) is 5.32 Å². The minimum Gasteiger partial charge on any atom is -0.376 e. The quantitative estimate of drug-likeness (QED) is 0.872. The number of ether oxygens (including phenoxy) is 1. The van der Waals surface area contributed by atoms with E-state index in [9.17, 15) is 0 Å². The zero-order valence-corrected chi connectivity index (χ0v) is 10.3. The average molecular weight is 240 g/mol. The van der Waals surface area contributed by atoms with Gasteiger partial charge in [0.25, 0.3) is 0 Å². The topological polar surface area (TPSA) is 21.3 Å². The Morgan fingerprint density at radius 2 is 2.31 bits per heavy atom. The summed E-state index contributed by atoms with van der Waals surface area (Å²) in [6, 6.07) is 8.24. The van der Waals surface area contributed by atoms with Crippen LogP contribution in [-0.4, -0.2) is 19.3 Å². The highest BCUT2D eigenvalue weighted by atomic mass is 35.5. The van der Waals surface area contributed by atoms with E-state index >= 15 is 0 Å². The maximum absolute atomic E-state index is 6.24. The van der Waals surface area contributed by atoms with E-state index in [4.69, 9.17) is 16.3 Å². The lowest BCUT2D eigenvalue weighted by molar-refractivity contribution is 0.0788. The van der Waals surface area contributed by atoms with Gasteiger partial charge in [-0.2, -0.15) is 0 Å². The number of hydrogen-bond donors (Lipinski definition) is 1. The molecule has 0 spiro atoms. The number of rotatable bonds is 4. The highest BCUT2D eigenvalue weighted by Crippen LogP contribution is 2.30. The Labute approximate surface area is 102 Å². The van der Waals surface area contributed by atoms with Gasteiger partial charge in [-0.3, -0.25) is 0 Å². The summed E-state index contributed by atoms with van der Waals surface area (Å²) in [7, 11) is 0. The molecule has 0 saturated carbocycles. The summed E-state index contributed by atoms with van der Waals surface area (Å²) in [5, 5.41) is 4.30. The summed E-state index contributed by atoms with van der Waals surface area (Å²) in [5.74, 6) is 0. The zero-order valence-electron chi connectivity index (χ0n) is 9.58. The lowest BCUT2D eigenvalue weighted by Gasteiger charge is -2.25. The van der Waals surface area contributed by atoms with Gasteiger partial charge < -0.3 is 10.1 Å². The van der Waals surface area contributed by atoms with E-state index in [1.54, 1.807) is 0 Å². The summed E-state index contributed by atoms with van der Waals surface area (Å²) in [6.07, 6.45) is 2.53. The Hall–Kier alpha value is -0.570. The predicted molar refractivity (Wildman–Crippen MR) is 66.8 cm³/mol. The maximum Gasteiger partial charge on any atom is 0.0771 e. The minimum atomic E-state index is 0.223. The molecule has 0 aromatic heterocycles. The van der Waals surface area contributed by atoms with Gasteiger partial charge in [-0.1, -0.05) is 36.7 Å². The van der Waals surface area contributed by atoms with Gasteiger partial charge in [0.1, 0.15) is 0 Å². The van der Waals surface area contributed by atoms with Crippen molar-refractivity contribution in [2.45, 2.75) is 31.9 Å². The third kappa shape index (κ3) is 2.57. The molecule has 88 valence electrons. The molecule has 2 atom stereocenters. The first-order valence-corrected chi connectivity index (χ1v) is 6.30. The van der Waals surface area contributed by atoms with E-state index in [0.717, 1.165) is 36.6 Å². The molecular formula is C13H18ClNO. The lowest BCUT2D eigenvalue weighted by atomic mass is 9.99. The van der Waals surface area contributed by atoms with Crippen LogP contribution in [0.5, 0.6) is 0 Å². The van der Waals surface area contributed by atoms with E-state index in [1.807, 2.05) is 18.2 Å². The van der Waals surface area contributed by atoms with E-state index in [-0.39, 0.29) is 12.1 Å². The highest BCUT2D eigenvalue weighted by molar-refractivity contribution is 6.31. The van der Waals surface area contributed by atoms with Gasteiger partial charge in [-0.05, 0) is 31.0 Å². The fourth-order valence-corrected chi connectivity index (χ4v) is 2.51. The van der Waals surface area contributed by atoms with Gasteiger partial charge in [0, 0.05) is 11.6 Å². The second kappa shape index (κ2) is 5.67. The first kappa shape index (κ1) is 11.9. The van der Waals surface area contributed by atoms with Crippen LogP contribution in [0, 0.1) is 0 Å². The van der Waals surface area contributed by atoms with Crippen LogP contribution < -0.4 is 5.32 Å². The fraction of sp³-hybridized carbons (Fsp3) is 0.538. The largest absolute Gasteiger partial charge is 0.376 e. The Bertz CT molecular complexity index is 336. The number of halogens is 1. The van der Waals surface area contributed by atoms with Crippen molar-refractivity contribution in [2.24, 2.45) is 0 Å². The molecule has 0 bridgehead atoms. The summed E-state index contributed by atoms with van der Waals surface area (Å²) in [6.45, 7) is 3.91. The van der Waals surface area contributed by atoms with Crippen molar-refractivity contribution in [1.29, 1.82) is 0 Å². The van der Waals surface area contributed by atoms with Crippen molar-refractivity contribution < 1.29 is 4.74 Å². The minimum absolute atomic E-state index is 0.223. The third-order valence-electron chi connectivity index (χ3n) is 3.00. The monoisotopic (exact) mass is 239 g/mol. The van der Waals surface area contributed by atoms with Crippen LogP contribution in [0.2, 0.25) is 5.02 Å². The molecule has 0 amide bonds. The van der Waals surface area contributed by atoms with Crippen molar-refractivity contribution in [3.63, 3.8) is 0 Å². The Morgan fingerprint density at radius 1 is 1.50 bits per heavy atom. The number of benzene rings is 1. The molecule has 1 saturated heterocycles. The summed E-state index contributed by atoms with van der Waals surface area (Å²) >= 11 is 6.24. The van der Waals surface area contributed by atoms with Gasteiger partial charge in [-0.15, -0.1) is 0 Å². The molecule has 0 radical (unpaired) electrons. The van der Waals surface area contributed by atoms with Crippen LogP contribution in [0.1, 0.15) is 31.4 Å². The molecule has 1 N–H and O–H groups in total. The van der Waals surface area contributed by atoms with Crippen molar-refractivity contribution in [3.05, 3.63) is 34.9 Å². The van der Waals surface area contributed by atoms with Gasteiger partial charge in [-0.25, -0.2) is 0 Å². The van der Waals surface area contributed by atoms with Crippen LogP contribution in [0.3, 0.4) is 0 Å². The molecule has 1 heterocycles. The molecule has 2 nitrogen and oxygen atoms in total. The fourth-order valence-electron chi connectivity index (χ4n) is 2.25. The SMILES string of the molecule is CCNC(c1ccccc1Cl)C1CCCO1. The van der Waals surface area contributed by atoms with Gasteiger partial charge in [0.15, 0.2) is 0 Å². The molecule has 1 aromatic carbocycles. The Kier molecular flexibility index (Phi) is 4.22. The first-order valence-electron chi connectivity index (χ1n) is 5.92. The van der Waals surface area contributed by atoms with Crippen molar-refractivity contribution in [3.8, 4) is 0 Å². The van der Waals surface area contributed by atoms with E-state index in [0.29, 0.717) is 0 Å². The molecule has 2 unspecified atom stereocenters. The smallest absolute Gasteiger partial charge is 0.0771 e. The molecule has 1 aliphatic heterocycles. The normalized spacial score (nSPS) is 22.2. The molecule has 1 aliphatic rings. The van der Waals surface area contributed by atoms with Crippen LogP contribution in [0.25, 0.3) is 0 Å². The predicted octanol–water partition coefficient (Wildman–Crippen LogP) is 3.17. The van der Waals surface area contributed by atoms with Crippen LogP contribution >= 0.6 is 11.6 Å². The van der Waals surface area contributed by atoms with Crippen LogP contribution in [0.15, 0.2) is 24.3 Å². The van der Waals surface area contributed by atoms with Gasteiger partial charge in [0.05, 0.1) is 12.1 Å². The molecule has 1 fully saturated rings. The molecule has 2 rings (SSSR count). The molecule has 16 heavy (non-hydrogen) atoms. The Morgan fingerprint density at radius 3 is 2.94 bits per heavy atom. The standard InChI is InChI=1S/C13H18ClNO/c1-2-15-13(12-8-5-9-16-12)10-6-3-4-7-11(10)14/h3-4,6-7,12-13,15H,2,5,8-9H2,1H3. The number of hydrogen-bond acceptors (Lipinski definition) is 2. The molecular weight excluding hydrogens is 222 g/mol. The summed E-state index contributed by atoms with van der Waals surface area (Å²) in [5.41, 5.74) is 1.15. The third-order valence-corrected chi connectivity index (χ3v) is 3.35. The molecule has 0 aliphatic carbocycles. The van der Waals surface area contributed by atoms with Gasteiger partial charge >= 0.3 is 0 Å². The zero-order chi connectivity index (χ0) is 11.4. The molecule has 1 aromatic rings. The second-order valence-corrected chi connectivity index (χ2v) is 4.52. The lowest BCUT2D eigenvalue weighted by Crippen LogP contribution is -2.31. The number of likely N-dealkylation sites (N-methyl/N-ethyl adjacent to an activating group) is 1. The van der Waals surface area contributed by atoms with Crippen LogP contribution in [0.4, 0.5) is 0 Å². The summed E-state index contributed by atoms with van der Waals surface area (Å²) in [4.78, 5) is 0. The van der Waals surface area contributed by atoms with Gasteiger partial charge in [0.2, 0.25) is 0 Å².